The first kappa shape index (κ1) is 12.5. The molecule has 0 fully saturated rings. The molecule has 5 heteroatoms. The van der Waals surface area contributed by atoms with Gasteiger partial charge in [0.15, 0.2) is 5.82 Å². The summed E-state index contributed by atoms with van der Waals surface area (Å²) in [6, 6.07) is 3.95. The van der Waals surface area contributed by atoms with Crippen molar-refractivity contribution in [2.45, 2.75) is 33.6 Å². The van der Waals surface area contributed by atoms with Gasteiger partial charge in [-0.3, -0.25) is 4.79 Å². The lowest BCUT2D eigenvalue weighted by Crippen LogP contribution is -2.19. The summed E-state index contributed by atoms with van der Waals surface area (Å²) in [5.74, 6) is 0.828. The fourth-order valence-corrected chi connectivity index (χ4v) is 1.75. The predicted octanol–water partition coefficient (Wildman–Crippen LogP) is 2.45. The molecule has 2 aromatic rings. The Morgan fingerprint density at radius 3 is 2.61 bits per heavy atom. The fourth-order valence-electron chi connectivity index (χ4n) is 1.75. The molecule has 0 aliphatic rings. The quantitative estimate of drug-likeness (QED) is 0.905. The van der Waals surface area contributed by atoms with Gasteiger partial charge in [0.05, 0.1) is 0 Å². The monoisotopic (exact) mass is 246 g/mol. The molecule has 2 heterocycles. The van der Waals surface area contributed by atoms with Crippen LogP contribution in [-0.2, 0) is 4.79 Å². The van der Waals surface area contributed by atoms with Crippen molar-refractivity contribution in [1.82, 2.24) is 14.6 Å². The van der Waals surface area contributed by atoms with Gasteiger partial charge in [0.25, 0.3) is 0 Å². The van der Waals surface area contributed by atoms with Gasteiger partial charge in [-0.2, -0.15) is 5.10 Å². The Balaban J connectivity index is 2.44. The normalized spacial score (nSPS) is 11.4. The molecule has 0 aliphatic heterocycles. The molecular weight excluding hydrogens is 228 g/mol. The molecule has 0 unspecified atom stereocenters. The van der Waals surface area contributed by atoms with Gasteiger partial charge >= 0.3 is 0 Å². The van der Waals surface area contributed by atoms with E-state index in [-0.39, 0.29) is 11.8 Å². The van der Waals surface area contributed by atoms with Crippen LogP contribution in [0.1, 0.15) is 39.3 Å². The van der Waals surface area contributed by atoms with Crippen molar-refractivity contribution < 1.29 is 4.79 Å². The molecule has 2 aromatic heterocycles. The van der Waals surface area contributed by atoms with Crippen LogP contribution in [0.3, 0.4) is 0 Å². The number of nitrogens with one attached hydrogen (secondary N) is 1. The summed E-state index contributed by atoms with van der Waals surface area (Å²) in [6.07, 6.45) is 1.47. The van der Waals surface area contributed by atoms with Crippen LogP contribution in [0.15, 0.2) is 18.5 Å². The number of nitrogens with zero attached hydrogens (tertiary/aromatic N) is 3. The average molecular weight is 246 g/mol. The average Bonchev–Trinajstić information content (AvgIpc) is 2.73. The molecule has 0 spiro atoms. The molecule has 0 saturated carbocycles. The lowest BCUT2D eigenvalue weighted by molar-refractivity contribution is -0.118. The van der Waals surface area contributed by atoms with Crippen LogP contribution in [0, 0.1) is 5.92 Å². The third kappa shape index (κ3) is 2.20. The number of aromatic nitrogens is 3. The van der Waals surface area contributed by atoms with Crippen molar-refractivity contribution in [1.29, 1.82) is 0 Å². The highest BCUT2D eigenvalue weighted by Crippen LogP contribution is 2.21. The molecule has 1 N–H and O–H groups in total. The largest absolute Gasteiger partial charge is 0.309 e. The smallest absolute Gasteiger partial charge is 0.228 e. The van der Waals surface area contributed by atoms with Gasteiger partial charge in [-0.05, 0) is 18.1 Å². The molecule has 1 amide bonds. The Morgan fingerprint density at radius 1 is 1.28 bits per heavy atom. The number of hydrogen-bond donors (Lipinski definition) is 1. The predicted molar refractivity (Wildman–Crippen MR) is 70.5 cm³/mol. The minimum atomic E-state index is -0.0699. The van der Waals surface area contributed by atoms with Gasteiger partial charge in [-0.25, -0.2) is 9.50 Å². The van der Waals surface area contributed by atoms with Gasteiger partial charge in [0.2, 0.25) is 5.91 Å². The number of carbonyl (C=O) groups is 1. The molecule has 0 aromatic carbocycles. The minimum Gasteiger partial charge on any atom is -0.309 e. The summed E-state index contributed by atoms with van der Waals surface area (Å²) < 4.78 is 1.83. The minimum absolute atomic E-state index is 0.0390. The maximum absolute atomic E-state index is 11.7. The second-order valence-electron chi connectivity index (χ2n) is 4.96. The fraction of sp³-hybridized carbons (Fsp3) is 0.462. The third-order valence-electron chi connectivity index (χ3n) is 2.84. The van der Waals surface area contributed by atoms with Crippen LogP contribution in [0.2, 0.25) is 0 Å². The van der Waals surface area contributed by atoms with Crippen LogP contribution in [0.4, 0.5) is 5.82 Å². The molecular formula is C13H18N4O. The third-order valence-corrected chi connectivity index (χ3v) is 2.84. The lowest BCUT2D eigenvalue weighted by Gasteiger charge is -2.09. The molecule has 0 bridgehead atoms. The molecule has 18 heavy (non-hydrogen) atoms. The van der Waals surface area contributed by atoms with Crippen molar-refractivity contribution in [2.24, 2.45) is 5.92 Å². The number of rotatable bonds is 3. The summed E-state index contributed by atoms with van der Waals surface area (Å²) in [7, 11) is 0. The van der Waals surface area contributed by atoms with Crippen molar-refractivity contribution >= 4 is 17.2 Å². The number of hydrogen-bond acceptors (Lipinski definition) is 3. The van der Waals surface area contributed by atoms with E-state index in [1.165, 1.54) is 6.33 Å². The highest BCUT2D eigenvalue weighted by Gasteiger charge is 2.13. The highest BCUT2D eigenvalue weighted by molar-refractivity contribution is 5.94. The first-order chi connectivity index (χ1) is 8.50. The summed E-state index contributed by atoms with van der Waals surface area (Å²) >= 11 is 0. The van der Waals surface area contributed by atoms with Gasteiger partial charge in [-0.15, -0.1) is 0 Å². The van der Waals surface area contributed by atoms with Crippen molar-refractivity contribution in [2.75, 3.05) is 5.32 Å². The first-order valence-electron chi connectivity index (χ1n) is 6.14. The second kappa shape index (κ2) is 4.76. The van der Waals surface area contributed by atoms with Crippen LogP contribution in [0.25, 0.3) is 5.52 Å². The van der Waals surface area contributed by atoms with Crippen LogP contribution >= 0.6 is 0 Å². The van der Waals surface area contributed by atoms with E-state index >= 15 is 0 Å². The number of amides is 1. The SMILES string of the molecule is CC(C)C(=O)Nc1ncnn2c(C(C)C)ccc12. The van der Waals surface area contributed by atoms with E-state index in [1.807, 2.05) is 30.5 Å². The zero-order chi connectivity index (χ0) is 13.3. The maximum atomic E-state index is 11.7. The second-order valence-corrected chi connectivity index (χ2v) is 4.96. The van der Waals surface area contributed by atoms with Gasteiger partial charge in [-0.1, -0.05) is 27.7 Å². The first-order valence-corrected chi connectivity index (χ1v) is 6.14. The van der Waals surface area contributed by atoms with E-state index in [0.717, 1.165) is 11.2 Å². The van der Waals surface area contributed by atoms with E-state index in [4.69, 9.17) is 0 Å². The van der Waals surface area contributed by atoms with Crippen LogP contribution in [-0.4, -0.2) is 20.5 Å². The summed E-state index contributed by atoms with van der Waals surface area (Å²) in [4.78, 5) is 15.9. The summed E-state index contributed by atoms with van der Waals surface area (Å²) in [6.45, 7) is 7.92. The van der Waals surface area contributed by atoms with Crippen molar-refractivity contribution in [3.63, 3.8) is 0 Å². The molecule has 5 nitrogen and oxygen atoms in total. The Bertz CT molecular complexity index is 571. The number of fused-ring (bicyclic) bond motifs is 1. The Hall–Kier alpha value is -1.91. The molecule has 0 aliphatic carbocycles. The molecule has 0 saturated heterocycles. The lowest BCUT2D eigenvalue weighted by atomic mass is 10.1. The van der Waals surface area contributed by atoms with Crippen LogP contribution in [0.5, 0.6) is 0 Å². The molecule has 96 valence electrons. The van der Waals surface area contributed by atoms with E-state index in [0.29, 0.717) is 11.7 Å². The van der Waals surface area contributed by atoms with Crippen molar-refractivity contribution in [3.8, 4) is 0 Å². The van der Waals surface area contributed by atoms with E-state index < -0.39 is 0 Å². The van der Waals surface area contributed by atoms with Crippen molar-refractivity contribution in [3.05, 3.63) is 24.2 Å². The maximum Gasteiger partial charge on any atom is 0.228 e. The summed E-state index contributed by atoms with van der Waals surface area (Å²) in [5, 5.41) is 7.06. The topological polar surface area (TPSA) is 59.3 Å². The van der Waals surface area contributed by atoms with Gasteiger partial charge in [0, 0.05) is 11.6 Å². The number of carbonyl (C=O) groups excluding carboxylic acids is 1. The summed E-state index contributed by atoms with van der Waals surface area (Å²) in [5.41, 5.74) is 1.93. The molecule has 0 atom stereocenters. The van der Waals surface area contributed by atoms with E-state index in [1.54, 1.807) is 0 Å². The van der Waals surface area contributed by atoms with Gasteiger partial charge in [0.1, 0.15) is 11.8 Å². The van der Waals surface area contributed by atoms with E-state index in [2.05, 4.69) is 29.2 Å². The Labute approximate surface area is 106 Å². The highest BCUT2D eigenvalue weighted by atomic mass is 16.1. The zero-order valence-electron chi connectivity index (χ0n) is 11.1. The Morgan fingerprint density at radius 2 is 2.00 bits per heavy atom. The number of anilines is 1. The standard InChI is InChI=1S/C13H18N4O/c1-8(2)10-5-6-11-12(14-7-15-17(10)11)16-13(18)9(3)4/h5-9H,1-4H3,(H,14,15,16,18). The van der Waals surface area contributed by atoms with E-state index in [9.17, 15) is 4.79 Å². The van der Waals surface area contributed by atoms with Crippen LogP contribution < -0.4 is 5.32 Å². The van der Waals surface area contributed by atoms with Gasteiger partial charge < -0.3 is 5.32 Å². The molecule has 2 rings (SSSR count). The Kier molecular flexibility index (Phi) is 3.32. The zero-order valence-corrected chi connectivity index (χ0v) is 11.1. The molecule has 0 radical (unpaired) electrons.